The normalized spacial score (nSPS) is 19.5. The van der Waals surface area contributed by atoms with Crippen molar-refractivity contribution in [2.45, 2.75) is 64.0 Å². The van der Waals surface area contributed by atoms with Crippen LogP contribution in [0.1, 0.15) is 51.9 Å². The Balaban J connectivity index is 2.51. The van der Waals surface area contributed by atoms with Crippen molar-refractivity contribution in [3.63, 3.8) is 0 Å². The summed E-state index contributed by atoms with van der Waals surface area (Å²) in [4.78, 5) is 10.5. The first-order valence-electron chi connectivity index (χ1n) is 6.80. The predicted octanol–water partition coefficient (Wildman–Crippen LogP) is 1.34. The lowest BCUT2D eigenvalue weighted by Gasteiger charge is -2.31. The second-order valence-corrected chi connectivity index (χ2v) is 7.03. The SMILES string of the molecule is CC(CCC(=O)O)NS(=O)(=O)N(C)C1CCCCC1. The summed E-state index contributed by atoms with van der Waals surface area (Å²) in [5.41, 5.74) is 0. The molecule has 1 aliphatic carbocycles. The van der Waals surface area contributed by atoms with Gasteiger partial charge in [-0.1, -0.05) is 19.3 Å². The molecule has 1 fully saturated rings. The third kappa shape index (κ3) is 5.46. The molecule has 0 heterocycles. The summed E-state index contributed by atoms with van der Waals surface area (Å²) in [6, 6.07) is -0.301. The maximum absolute atomic E-state index is 12.2. The van der Waals surface area contributed by atoms with E-state index >= 15 is 0 Å². The van der Waals surface area contributed by atoms with Crippen molar-refractivity contribution in [1.82, 2.24) is 9.03 Å². The van der Waals surface area contributed by atoms with Gasteiger partial charge in [0.2, 0.25) is 0 Å². The van der Waals surface area contributed by atoms with Gasteiger partial charge in [0.15, 0.2) is 0 Å². The number of carbonyl (C=O) groups is 1. The van der Waals surface area contributed by atoms with Gasteiger partial charge in [0, 0.05) is 25.6 Å². The molecular weight excluding hydrogens is 268 g/mol. The predicted molar refractivity (Wildman–Crippen MR) is 73.0 cm³/mol. The van der Waals surface area contributed by atoms with Gasteiger partial charge >= 0.3 is 5.97 Å². The van der Waals surface area contributed by atoms with E-state index in [-0.39, 0.29) is 18.5 Å². The fraction of sp³-hybridized carbons (Fsp3) is 0.917. The number of carboxylic acid groups (broad SMARTS) is 1. The molecule has 7 heteroatoms. The summed E-state index contributed by atoms with van der Waals surface area (Å²) >= 11 is 0. The highest BCUT2D eigenvalue weighted by molar-refractivity contribution is 7.87. The first-order valence-corrected chi connectivity index (χ1v) is 8.24. The van der Waals surface area contributed by atoms with Crippen LogP contribution in [0.3, 0.4) is 0 Å². The topological polar surface area (TPSA) is 86.7 Å². The van der Waals surface area contributed by atoms with Crippen LogP contribution in [0.4, 0.5) is 0 Å². The van der Waals surface area contributed by atoms with E-state index in [4.69, 9.17) is 5.11 Å². The molecule has 19 heavy (non-hydrogen) atoms. The summed E-state index contributed by atoms with van der Waals surface area (Å²) in [5.74, 6) is -0.910. The van der Waals surface area contributed by atoms with E-state index < -0.39 is 16.2 Å². The van der Waals surface area contributed by atoms with Crippen LogP contribution in [-0.4, -0.2) is 42.9 Å². The minimum absolute atomic E-state index is 0.0309. The van der Waals surface area contributed by atoms with Crippen LogP contribution < -0.4 is 4.72 Å². The minimum atomic E-state index is -3.52. The number of nitrogens with one attached hydrogen (secondary N) is 1. The largest absolute Gasteiger partial charge is 0.481 e. The fourth-order valence-electron chi connectivity index (χ4n) is 2.38. The Morgan fingerprint density at radius 1 is 1.37 bits per heavy atom. The van der Waals surface area contributed by atoms with E-state index in [9.17, 15) is 13.2 Å². The number of aliphatic carboxylic acids is 1. The van der Waals surface area contributed by atoms with E-state index in [0.29, 0.717) is 6.42 Å². The van der Waals surface area contributed by atoms with Gasteiger partial charge in [0.05, 0.1) is 0 Å². The molecule has 0 radical (unpaired) electrons. The van der Waals surface area contributed by atoms with E-state index in [2.05, 4.69) is 4.72 Å². The molecule has 0 spiro atoms. The van der Waals surface area contributed by atoms with E-state index in [0.717, 1.165) is 25.7 Å². The summed E-state index contributed by atoms with van der Waals surface area (Å²) in [6.07, 6.45) is 5.39. The zero-order valence-corrected chi connectivity index (χ0v) is 12.4. The lowest BCUT2D eigenvalue weighted by Crippen LogP contribution is -2.47. The highest BCUT2D eigenvalue weighted by Gasteiger charge is 2.28. The molecule has 1 saturated carbocycles. The molecule has 0 amide bonds. The van der Waals surface area contributed by atoms with Crippen LogP contribution in [0, 0.1) is 0 Å². The molecule has 112 valence electrons. The van der Waals surface area contributed by atoms with Gasteiger partial charge in [-0.25, -0.2) is 0 Å². The smallest absolute Gasteiger partial charge is 0.303 e. The van der Waals surface area contributed by atoms with Crippen molar-refractivity contribution in [2.75, 3.05) is 7.05 Å². The van der Waals surface area contributed by atoms with Crippen molar-refractivity contribution in [2.24, 2.45) is 0 Å². The molecule has 0 aromatic carbocycles. The molecule has 0 aromatic heterocycles. The highest BCUT2D eigenvalue weighted by Crippen LogP contribution is 2.23. The maximum Gasteiger partial charge on any atom is 0.303 e. The average Bonchev–Trinajstić information content (AvgIpc) is 2.36. The van der Waals surface area contributed by atoms with Gasteiger partial charge in [0.1, 0.15) is 0 Å². The molecule has 1 atom stereocenters. The van der Waals surface area contributed by atoms with Crippen LogP contribution in [0.15, 0.2) is 0 Å². The standard InChI is InChI=1S/C12H24N2O4S/c1-10(8-9-12(15)16)13-19(17,18)14(2)11-6-4-3-5-7-11/h10-11,13H,3-9H2,1-2H3,(H,15,16). The second-order valence-electron chi connectivity index (χ2n) is 5.26. The molecule has 1 aliphatic rings. The third-order valence-corrected chi connectivity index (χ3v) is 5.37. The number of hydrogen-bond acceptors (Lipinski definition) is 3. The molecule has 2 N–H and O–H groups in total. The zero-order valence-electron chi connectivity index (χ0n) is 11.6. The fourth-order valence-corrected chi connectivity index (χ4v) is 3.77. The number of nitrogens with zero attached hydrogens (tertiary/aromatic N) is 1. The van der Waals surface area contributed by atoms with E-state index in [1.165, 1.54) is 10.7 Å². The summed E-state index contributed by atoms with van der Waals surface area (Å²) < 4.78 is 28.3. The van der Waals surface area contributed by atoms with Crippen LogP contribution in [0.25, 0.3) is 0 Å². The van der Waals surface area contributed by atoms with Gasteiger partial charge in [-0.2, -0.15) is 17.4 Å². The molecule has 6 nitrogen and oxygen atoms in total. The van der Waals surface area contributed by atoms with Gasteiger partial charge in [-0.3, -0.25) is 4.79 Å². The van der Waals surface area contributed by atoms with Gasteiger partial charge in [0.25, 0.3) is 10.2 Å². The number of hydrogen-bond donors (Lipinski definition) is 2. The Morgan fingerprint density at radius 2 is 1.95 bits per heavy atom. The number of rotatable bonds is 7. The van der Waals surface area contributed by atoms with Gasteiger partial charge in [-0.05, 0) is 26.2 Å². The van der Waals surface area contributed by atoms with Crippen molar-refractivity contribution in [3.8, 4) is 0 Å². The Labute approximate surface area is 115 Å². The minimum Gasteiger partial charge on any atom is -0.481 e. The third-order valence-electron chi connectivity index (χ3n) is 3.61. The van der Waals surface area contributed by atoms with E-state index in [1.54, 1.807) is 14.0 Å². The Bertz CT molecular complexity index is 391. The molecule has 0 aromatic rings. The summed E-state index contributed by atoms with van der Waals surface area (Å²) in [6.45, 7) is 1.69. The summed E-state index contributed by atoms with van der Waals surface area (Å²) in [7, 11) is -1.92. The molecular formula is C12H24N2O4S. The highest BCUT2D eigenvalue weighted by atomic mass is 32.2. The first-order chi connectivity index (χ1) is 8.83. The second kappa shape index (κ2) is 7.21. The van der Waals surface area contributed by atoms with Crippen LogP contribution in [0.5, 0.6) is 0 Å². The number of carboxylic acids is 1. The lowest BCUT2D eigenvalue weighted by atomic mass is 9.96. The van der Waals surface area contributed by atoms with E-state index in [1.807, 2.05) is 0 Å². The van der Waals surface area contributed by atoms with Crippen molar-refractivity contribution in [1.29, 1.82) is 0 Å². The molecule has 1 unspecified atom stereocenters. The average molecular weight is 292 g/mol. The quantitative estimate of drug-likeness (QED) is 0.741. The molecule has 0 aliphatic heterocycles. The molecule has 1 rings (SSSR count). The first kappa shape index (κ1) is 16.4. The zero-order chi connectivity index (χ0) is 14.5. The Kier molecular flexibility index (Phi) is 6.22. The molecule has 0 bridgehead atoms. The Morgan fingerprint density at radius 3 is 2.47 bits per heavy atom. The van der Waals surface area contributed by atoms with Crippen LogP contribution in [0.2, 0.25) is 0 Å². The van der Waals surface area contributed by atoms with Gasteiger partial charge < -0.3 is 5.11 Å². The van der Waals surface area contributed by atoms with Gasteiger partial charge in [-0.15, -0.1) is 0 Å². The monoisotopic (exact) mass is 292 g/mol. The van der Waals surface area contributed by atoms with Crippen molar-refractivity contribution in [3.05, 3.63) is 0 Å². The molecule has 0 saturated heterocycles. The lowest BCUT2D eigenvalue weighted by molar-refractivity contribution is -0.137. The Hall–Kier alpha value is -0.660. The van der Waals surface area contributed by atoms with Crippen LogP contribution in [-0.2, 0) is 15.0 Å². The maximum atomic E-state index is 12.2. The summed E-state index contributed by atoms with van der Waals surface area (Å²) in [5, 5.41) is 8.59. The van der Waals surface area contributed by atoms with Crippen molar-refractivity contribution < 1.29 is 18.3 Å². The van der Waals surface area contributed by atoms with Crippen LogP contribution >= 0.6 is 0 Å². The van der Waals surface area contributed by atoms with Crippen molar-refractivity contribution >= 4 is 16.2 Å².